The number of hydrogen-bond acceptors (Lipinski definition) is 4. The van der Waals surface area contributed by atoms with Gasteiger partial charge in [0.1, 0.15) is 5.82 Å². The maximum atomic E-state index is 13.3. The molecule has 0 spiro atoms. The molecule has 0 aliphatic carbocycles. The van der Waals surface area contributed by atoms with Crippen molar-refractivity contribution < 1.29 is 13.2 Å². The van der Waals surface area contributed by atoms with Crippen LogP contribution >= 0.6 is 0 Å². The minimum absolute atomic E-state index is 0.114. The number of carbonyl (C=O) groups is 1. The van der Waals surface area contributed by atoms with Crippen LogP contribution in [0, 0.1) is 13.8 Å². The van der Waals surface area contributed by atoms with Crippen LogP contribution in [0.15, 0.2) is 60.7 Å². The topological polar surface area (TPSA) is 81.1 Å². The minimum atomic E-state index is -3.26. The lowest BCUT2D eigenvalue weighted by Gasteiger charge is -2.15. The fourth-order valence-corrected chi connectivity index (χ4v) is 5.60. The van der Waals surface area contributed by atoms with E-state index in [0.717, 1.165) is 27.6 Å². The molecule has 7 heteroatoms. The summed E-state index contributed by atoms with van der Waals surface area (Å²) in [7, 11) is -3.26. The number of rotatable bonds is 3. The van der Waals surface area contributed by atoms with Gasteiger partial charge in [-0.15, -0.1) is 0 Å². The Morgan fingerprint density at radius 3 is 2.55 bits per heavy atom. The van der Waals surface area contributed by atoms with Gasteiger partial charge in [0.15, 0.2) is 9.84 Å². The van der Waals surface area contributed by atoms with Gasteiger partial charge in [-0.1, -0.05) is 48.5 Å². The van der Waals surface area contributed by atoms with Gasteiger partial charge in [-0.3, -0.25) is 4.79 Å². The Hall–Kier alpha value is -3.45. The van der Waals surface area contributed by atoms with E-state index < -0.39 is 9.84 Å². The summed E-state index contributed by atoms with van der Waals surface area (Å²) in [4.78, 5) is 13.3. The summed E-state index contributed by atoms with van der Waals surface area (Å²) in [5.74, 6) is -0.117. The zero-order valence-electron chi connectivity index (χ0n) is 17.2. The van der Waals surface area contributed by atoms with Crippen LogP contribution in [-0.4, -0.2) is 24.1 Å². The Bertz CT molecular complexity index is 1460. The molecule has 0 fully saturated rings. The first-order valence-corrected chi connectivity index (χ1v) is 11.8. The van der Waals surface area contributed by atoms with E-state index in [9.17, 15) is 13.2 Å². The van der Waals surface area contributed by atoms with Gasteiger partial charge < -0.3 is 5.32 Å². The maximum absolute atomic E-state index is 13.3. The fourth-order valence-electron chi connectivity index (χ4n) is 4.11. The average Bonchev–Trinajstić information content (AvgIpc) is 3.22. The predicted molar refractivity (Wildman–Crippen MR) is 121 cm³/mol. The van der Waals surface area contributed by atoms with Gasteiger partial charge in [-0.2, -0.15) is 5.10 Å². The van der Waals surface area contributed by atoms with Crippen LogP contribution in [-0.2, 0) is 21.3 Å². The molecule has 1 aliphatic rings. The van der Waals surface area contributed by atoms with Crippen LogP contribution in [0.3, 0.4) is 0 Å². The average molecular weight is 432 g/mol. The van der Waals surface area contributed by atoms with Crippen molar-refractivity contribution in [3.8, 4) is 5.69 Å². The van der Waals surface area contributed by atoms with Crippen LogP contribution < -0.4 is 5.32 Å². The SMILES string of the molecule is Cc1cccc(-n2nc3c(c2NC(=O)c2cccc4ccccc24)CS(=O)(=O)C3)c1C. The Kier molecular flexibility index (Phi) is 4.44. The van der Waals surface area contributed by atoms with E-state index in [1.165, 1.54) is 0 Å². The number of nitrogens with zero attached hydrogens (tertiary/aromatic N) is 2. The van der Waals surface area contributed by atoms with Gasteiger partial charge in [-0.25, -0.2) is 13.1 Å². The molecule has 1 aromatic heterocycles. The first kappa shape index (κ1) is 19.5. The molecule has 31 heavy (non-hydrogen) atoms. The van der Waals surface area contributed by atoms with E-state index in [2.05, 4.69) is 10.4 Å². The smallest absolute Gasteiger partial charge is 0.257 e. The van der Waals surface area contributed by atoms with Gasteiger partial charge in [0.05, 0.1) is 22.9 Å². The maximum Gasteiger partial charge on any atom is 0.257 e. The van der Waals surface area contributed by atoms with E-state index in [0.29, 0.717) is 22.6 Å². The van der Waals surface area contributed by atoms with Crippen LogP contribution in [0.2, 0.25) is 0 Å². The first-order valence-electron chi connectivity index (χ1n) is 10.0. The molecular weight excluding hydrogens is 410 g/mol. The standard InChI is InChI=1S/C24H21N3O3S/c1-15-7-5-12-22(16(15)2)27-23(20-13-31(29,30)14-21(20)26-27)25-24(28)19-11-6-9-17-8-3-4-10-18(17)19/h3-12H,13-14H2,1-2H3,(H,25,28). The first-order chi connectivity index (χ1) is 14.8. The summed E-state index contributed by atoms with van der Waals surface area (Å²) in [6.45, 7) is 4.00. The van der Waals surface area contributed by atoms with Gasteiger partial charge in [-0.05, 0) is 47.9 Å². The van der Waals surface area contributed by atoms with Gasteiger partial charge >= 0.3 is 0 Å². The number of benzene rings is 3. The van der Waals surface area contributed by atoms with Gasteiger partial charge in [0.25, 0.3) is 5.91 Å². The molecule has 0 unspecified atom stereocenters. The molecule has 3 aromatic carbocycles. The summed E-state index contributed by atoms with van der Waals surface area (Å²) in [5, 5.41) is 9.37. The minimum Gasteiger partial charge on any atom is -0.306 e. The van der Waals surface area contributed by atoms with Crippen molar-refractivity contribution in [3.05, 3.63) is 88.6 Å². The normalized spacial score (nSPS) is 14.5. The van der Waals surface area contributed by atoms with Crippen molar-refractivity contribution in [2.24, 2.45) is 0 Å². The largest absolute Gasteiger partial charge is 0.306 e. The molecule has 5 rings (SSSR count). The lowest BCUT2D eigenvalue weighted by Crippen LogP contribution is -2.17. The highest BCUT2D eigenvalue weighted by molar-refractivity contribution is 7.90. The van der Waals surface area contributed by atoms with Crippen molar-refractivity contribution in [2.45, 2.75) is 25.4 Å². The number of nitrogens with one attached hydrogen (secondary N) is 1. The Morgan fingerprint density at radius 1 is 0.968 bits per heavy atom. The molecule has 2 heterocycles. The number of amides is 1. The van der Waals surface area contributed by atoms with Crippen LogP contribution in [0.25, 0.3) is 16.5 Å². The predicted octanol–water partition coefficient (Wildman–Crippen LogP) is 4.32. The lowest BCUT2D eigenvalue weighted by atomic mass is 10.0. The molecule has 0 atom stereocenters. The zero-order valence-corrected chi connectivity index (χ0v) is 18.0. The third-order valence-electron chi connectivity index (χ3n) is 5.86. The van der Waals surface area contributed by atoms with Crippen molar-refractivity contribution in [2.75, 3.05) is 5.32 Å². The Labute approximate surface area is 180 Å². The third-order valence-corrected chi connectivity index (χ3v) is 7.30. The molecule has 0 saturated heterocycles. The molecule has 0 saturated carbocycles. The van der Waals surface area contributed by atoms with Crippen molar-refractivity contribution in [1.29, 1.82) is 0 Å². The summed E-state index contributed by atoms with van der Waals surface area (Å²) < 4.78 is 26.1. The highest BCUT2D eigenvalue weighted by Crippen LogP contribution is 2.34. The number of fused-ring (bicyclic) bond motifs is 2. The Morgan fingerprint density at radius 2 is 1.71 bits per heavy atom. The molecule has 0 bridgehead atoms. The second kappa shape index (κ2) is 7.06. The van der Waals surface area contributed by atoms with E-state index in [4.69, 9.17) is 0 Å². The summed E-state index contributed by atoms with van der Waals surface area (Å²) in [6, 6.07) is 19.1. The second-order valence-electron chi connectivity index (χ2n) is 7.92. The second-order valence-corrected chi connectivity index (χ2v) is 9.98. The summed E-state index contributed by atoms with van der Waals surface area (Å²) in [5.41, 5.74) is 4.52. The third kappa shape index (κ3) is 3.31. The highest BCUT2D eigenvalue weighted by Gasteiger charge is 2.33. The van der Waals surface area contributed by atoms with E-state index in [1.54, 1.807) is 10.7 Å². The summed E-state index contributed by atoms with van der Waals surface area (Å²) >= 11 is 0. The molecule has 1 N–H and O–H groups in total. The number of hydrogen-bond donors (Lipinski definition) is 1. The number of carbonyl (C=O) groups excluding carboxylic acids is 1. The van der Waals surface area contributed by atoms with E-state index in [1.807, 2.05) is 68.4 Å². The molecule has 4 aromatic rings. The Balaban J connectivity index is 1.65. The quantitative estimate of drug-likeness (QED) is 0.524. The van der Waals surface area contributed by atoms with Crippen molar-refractivity contribution >= 4 is 32.3 Å². The monoisotopic (exact) mass is 431 g/mol. The molecule has 6 nitrogen and oxygen atoms in total. The van der Waals surface area contributed by atoms with Crippen molar-refractivity contribution in [3.63, 3.8) is 0 Å². The van der Waals surface area contributed by atoms with Crippen LogP contribution in [0.4, 0.5) is 5.82 Å². The van der Waals surface area contributed by atoms with Crippen LogP contribution in [0.5, 0.6) is 0 Å². The fraction of sp³-hybridized carbons (Fsp3) is 0.167. The van der Waals surface area contributed by atoms with E-state index >= 15 is 0 Å². The summed E-state index contributed by atoms with van der Waals surface area (Å²) in [6.07, 6.45) is 0. The molecule has 1 aliphatic heterocycles. The molecule has 1 amide bonds. The zero-order chi connectivity index (χ0) is 21.8. The number of anilines is 1. The van der Waals surface area contributed by atoms with Gasteiger partial charge in [0, 0.05) is 11.1 Å². The molecule has 156 valence electrons. The van der Waals surface area contributed by atoms with Gasteiger partial charge in [0.2, 0.25) is 0 Å². The lowest BCUT2D eigenvalue weighted by molar-refractivity contribution is 0.102. The van der Waals surface area contributed by atoms with E-state index in [-0.39, 0.29) is 17.4 Å². The number of aryl methyl sites for hydroxylation is 1. The molecular formula is C24H21N3O3S. The highest BCUT2D eigenvalue weighted by atomic mass is 32.2. The molecule has 0 radical (unpaired) electrons. The number of aromatic nitrogens is 2. The van der Waals surface area contributed by atoms with Crippen molar-refractivity contribution in [1.82, 2.24) is 9.78 Å². The number of sulfone groups is 1. The van der Waals surface area contributed by atoms with Crippen LogP contribution in [0.1, 0.15) is 32.7 Å².